The lowest BCUT2D eigenvalue weighted by atomic mass is 10.1. The molecule has 2 nitrogen and oxygen atoms in total. The van der Waals surface area contributed by atoms with Gasteiger partial charge < -0.3 is 4.74 Å². The quantitative estimate of drug-likeness (QED) is 0.761. The Bertz CT molecular complexity index is 538. The standard InChI is InChI=1S/C13H14FNO/c1-2-16-13-6-10(7-14)11-4-8-3-9(8)5-12(11)15-13/h4-6,8-9H,2-3,7H2,1H3. The highest BCUT2D eigenvalue weighted by molar-refractivity contribution is 5.50. The van der Waals surface area contributed by atoms with E-state index in [1.807, 2.05) is 6.92 Å². The number of aromatic nitrogens is 1. The summed E-state index contributed by atoms with van der Waals surface area (Å²) in [6, 6.07) is 1.72. The molecule has 0 spiro atoms. The number of halogens is 1. The molecule has 0 N–H and O–H groups in total. The first kappa shape index (κ1) is 9.82. The monoisotopic (exact) mass is 219 g/mol. The fraction of sp³-hybridized carbons (Fsp3) is 0.462. The van der Waals surface area contributed by atoms with Crippen molar-refractivity contribution in [3.05, 3.63) is 22.2 Å². The number of hydrogen-bond acceptors (Lipinski definition) is 2. The van der Waals surface area contributed by atoms with Crippen molar-refractivity contribution in [2.24, 2.45) is 11.8 Å². The molecule has 1 saturated carbocycles. The van der Waals surface area contributed by atoms with E-state index in [-0.39, 0.29) is 0 Å². The maximum atomic E-state index is 13.0. The van der Waals surface area contributed by atoms with E-state index in [0.29, 0.717) is 29.9 Å². The zero-order valence-electron chi connectivity index (χ0n) is 9.24. The van der Waals surface area contributed by atoms with Crippen LogP contribution < -0.4 is 15.3 Å². The van der Waals surface area contributed by atoms with E-state index < -0.39 is 6.67 Å². The molecule has 2 aliphatic rings. The van der Waals surface area contributed by atoms with Crippen molar-refractivity contribution in [1.82, 2.24) is 4.98 Å². The highest BCUT2D eigenvalue weighted by Gasteiger charge is 2.35. The van der Waals surface area contributed by atoms with Gasteiger partial charge in [-0.1, -0.05) is 12.2 Å². The maximum Gasteiger partial charge on any atom is 0.214 e. The van der Waals surface area contributed by atoms with Gasteiger partial charge in [-0.25, -0.2) is 9.37 Å². The molecule has 1 aromatic rings. The highest BCUT2D eigenvalue weighted by Crippen LogP contribution is 2.41. The van der Waals surface area contributed by atoms with Gasteiger partial charge in [0.05, 0.1) is 12.0 Å². The van der Waals surface area contributed by atoms with Crippen LogP contribution in [-0.4, -0.2) is 11.6 Å². The SMILES string of the molecule is CCOc1cc(CF)c2c(n1)=CC1CC1C=2. The second-order valence-corrected chi connectivity index (χ2v) is 4.38. The summed E-state index contributed by atoms with van der Waals surface area (Å²) >= 11 is 0. The first-order chi connectivity index (χ1) is 7.81. The number of pyridine rings is 1. The van der Waals surface area contributed by atoms with Gasteiger partial charge in [-0.2, -0.15) is 0 Å². The molecule has 3 heteroatoms. The second-order valence-electron chi connectivity index (χ2n) is 4.38. The summed E-state index contributed by atoms with van der Waals surface area (Å²) in [5.74, 6) is 1.79. The van der Waals surface area contributed by atoms with Crippen LogP contribution in [0.3, 0.4) is 0 Å². The Morgan fingerprint density at radius 3 is 3.00 bits per heavy atom. The molecule has 1 heterocycles. The van der Waals surface area contributed by atoms with Gasteiger partial charge in [0.1, 0.15) is 6.67 Å². The van der Waals surface area contributed by atoms with E-state index in [2.05, 4.69) is 17.1 Å². The van der Waals surface area contributed by atoms with E-state index >= 15 is 0 Å². The average molecular weight is 219 g/mol. The molecule has 0 radical (unpaired) electrons. The Morgan fingerprint density at radius 2 is 2.25 bits per heavy atom. The van der Waals surface area contributed by atoms with Gasteiger partial charge >= 0.3 is 0 Å². The van der Waals surface area contributed by atoms with Crippen LogP contribution in [0.4, 0.5) is 4.39 Å². The fourth-order valence-corrected chi connectivity index (χ4v) is 2.29. The van der Waals surface area contributed by atoms with E-state index in [1.165, 1.54) is 6.42 Å². The summed E-state index contributed by atoms with van der Waals surface area (Å²) in [7, 11) is 0. The minimum atomic E-state index is -0.452. The zero-order chi connectivity index (χ0) is 11.1. The number of hydrogen-bond donors (Lipinski definition) is 0. The fourth-order valence-electron chi connectivity index (χ4n) is 2.29. The number of fused-ring (bicyclic) bond motifs is 2. The number of nitrogens with zero attached hydrogens (tertiary/aromatic N) is 1. The lowest BCUT2D eigenvalue weighted by molar-refractivity contribution is 0.324. The normalized spacial score (nSPS) is 24.9. The molecule has 1 fully saturated rings. The van der Waals surface area contributed by atoms with Crippen molar-refractivity contribution in [1.29, 1.82) is 0 Å². The first-order valence-electron chi connectivity index (χ1n) is 5.74. The summed E-state index contributed by atoms with van der Waals surface area (Å²) in [6.45, 7) is 2.02. The van der Waals surface area contributed by atoms with Crippen LogP contribution in [0.25, 0.3) is 12.2 Å². The first-order valence-corrected chi connectivity index (χ1v) is 5.74. The lowest BCUT2D eigenvalue weighted by Gasteiger charge is -2.07. The minimum absolute atomic E-state index is 0.452. The zero-order valence-corrected chi connectivity index (χ0v) is 9.24. The summed E-state index contributed by atoms with van der Waals surface area (Å²) in [5, 5.41) is 1.88. The van der Waals surface area contributed by atoms with Crippen molar-refractivity contribution >= 4 is 12.2 Å². The molecule has 2 unspecified atom stereocenters. The third-order valence-corrected chi connectivity index (χ3v) is 3.23. The molecule has 16 heavy (non-hydrogen) atoms. The largest absolute Gasteiger partial charge is 0.478 e. The molecular formula is C13H14FNO. The van der Waals surface area contributed by atoms with Crippen LogP contribution in [-0.2, 0) is 6.67 Å². The predicted molar refractivity (Wildman–Crippen MR) is 60.0 cm³/mol. The third-order valence-electron chi connectivity index (χ3n) is 3.23. The average Bonchev–Trinajstić information content (AvgIpc) is 3.03. The number of alkyl halides is 1. The van der Waals surface area contributed by atoms with E-state index in [4.69, 9.17) is 4.74 Å². The lowest BCUT2D eigenvalue weighted by Crippen LogP contribution is -2.34. The van der Waals surface area contributed by atoms with Crippen LogP contribution in [0.5, 0.6) is 5.88 Å². The highest BCUT2D eigenvalue weighted by atomic mass is 19.1. The van der Waals surface area contributed by atoms with Crippen LogP contribution in [0.1, 0.15) is 18.9 Å². The van der Waals surface area contributed by atoms with Crippen molar-refractivity contribution in [2.45, 2.75) is 20.0 Å². The molecule has 0 amide bonds. The Kier molecular flexibility index (Phi) is 2.20. The predicted octanol–water partition coefficient (Wildman–Crippen LogP) is 1.16. The molecule has 0 saturated heterocycles. The Hall–Kier alpha value is -1.38. The van der Waals surface area contributed by atoms with Gasteiger partial charge in [0, 0.05) is 11.3 Å². The van der Waals surface area contributed by atoms with Crippen LogP contribution >= 0.6 is 0 Å². The Labute approximate surface area is 93.5 Å². The molecule has 0 aromatic carbocycles. The summed E-state index contributed by atoms with van der Waals surface area (Å²) < 4.78 is 18.3. The molecule has 84 valence electrons. The van der Waals surface area contributed by atoms with E-state index in [0.717, 1.165) is 10.6 Å². The number of ether oxygens (including phenoxy) is 1. The van der Waals surface area contributed by atoms with Crippen molar-refractivity contribution < 1.29 is 9.13 Å². The van der Waals surface area contributed by atoms with Crippen molar-refractivity contribution in [2.75, 3.05) is 6.61 Å². The van der Waals surface area contributed by atoms with Crippen molar-refractivity contribution in [3.8, 4) is 5.88 Å². The topological polar surface area (TPSA) is 22.1 Å². The third kappa shape index (κ3) is 1.51. The van der Waals surface area contributed by atoms with E-state index in [9.17, 15) is 4.39 Å². The van der Waals surface area contributed by atoms with Gasteiger partial charge in [0.25, 0.3) is 0 Å². The molecule has 2 atom stereocenters. The molecular weight excluding hydrogens is 205 g/mol. The summed E-state index contributed by atoms with van der Waals surface area (Å²) in [4.78, 5) is 4.41. The molecule has 1 aromatic heterocycles. The second kappa shape index (κ2) is 3.58. The van der Waals surface area contributed by atoms with Crippen LogP contribution in [0.2, 0.25) is 0 Å². The maximum absolute atomic E-state index is 13.0. The summed E-state index contributed by atoms with van der Waals surface area (Å²) in [5.41, 5.74) is 0.704. The molecule has 2 aliphatic carbocycles. The van der Waals surface area contributed by atoms with Gasteiger partial charge in [-0.05, 0) is 30.7 Å². The minimum Gasteiger partial charge on any atom is -0.478 e. The van der Waals surface area contributed by atoms with Crippen LogP contribution in [0, 0.1) is 11.8 Å². The van der Waals surface area contributed by atoms with Gasteiger partial charge in [-0.3, -0.25) is 0 Å². The molecule has 0 bridgehead atoms. The summed E-state index contributed by atoms with van der Waals surface area (Å²) in [6.07, 6.45) is 5.51. The smallest absolute Gasteiger partial charge is 0.214 e. The van der Waals surface area contributed by atoms with Gasteiger partial charge in [-0.15, -0.1) is 0 Å². The van der Waals surface area contributed by atoms with E-state index in [1.54, 1.807) is 6.07 Å². The van der Waals surface area contributed by atoms with Crippen LogP contribution in [0.15, 0.2) is 6.07 Å². The van der Waals surface area contributed by atoms with Gasteiger partial charge in [0.2, 0.25) is 5.88 Å². The Balaban J connectivity index is 2.18. The van der Waals surface area contributed by atoms with Gasteiger partial charge in [0.15, 0.2) is 0 Å². The molecule has 3 rings (SSSR count). The number of rotatable bonds is 3. The van der Waals surface area contributed by atoms with Crippen molar-refractivity contribution in [3.63, 3.8) is 0 Å². The Morgan fingerprint density at radius 1 is 1.44 bits per heavy atom. The molecule has 0 aliphatic heterocycles.